The number of carbonyl (C=O) groups excluding carboxylic acids is 2. The molecule has 0 saturated heterocycles. The maximum absolute atomic E-state index is 12.7. The normalized spacial score (nSPS) is 10.3. The molecule has 8 nitrogen and oxygen atoms in total. The summed E-state index contributed by atoms with van der Waals surface area (Å²) >= 11 is 6.44. The molecule has 2 aromatic carbocycles. The fourth-order valence-corrected chi connectivity index (χ4v) is 4.32. The van der Waals surface area contributed by atoms with Gasteiger partial charge in [0.2, 0.25) is 5.91 Å². The van der Waals surface area contributed by atoms with Crippen LogP contribution in [0.4, 0.5) is 10.7 Å². The van der Waals surface area contributed by atoms with Gasteiger partial charge in [-0.2, -0.15) is 0 Å². The second-order valence-corrected chi connectivity index (χ2v) is 8.16. The number of esters is 1. The second kappa shape index (κ2) is 11.3. The van der Waals surface area contributed by atoms with Crippen LogP contribution in [-0.4, -0.2) is 28.5 Å². The van der Waals surface area contributed by atoms with Crippen molar-refractivity contribution in [1.82, 2.24) is 5.32 Å². The molecule has 3 rings (SSSR count). The van der Waals surface area contributed by atoms with Crippen molar-refractivity contribution in [1.29, 1.82) is 0 Å². The lowest BCUT2D eigenvalue weighted by Crippen LogP contribution is -2.34. The van der Waals surface area contributed by atoms with E-state index in [0.717, 1.165) is 5.56 Å². The zero-order valence-corrected chi connectivity index (χ0v) is 19.3. The van der Waals surface area contributed by atoms with E-state index in [1.807, 2.05) is 30.3 Å². The van der Waals surface area contributed by atoms with Crippen molar-refractivity contribution < 1.29 is 19.2 Å². The number of nitro groups is 1. The van der Waals surface area contributed by atoms with Crippen molar-refractivity contribution >= 4 is 51.2 Å². The van der Waals surface area contributed by atoms with Crippen LogP contribution >= 0.6 is 23.6 Å². The number of ether oxygens (including phenoxy) is 1. The lowest BCUT2D eigenvalue weighted by Gasteiger charge is -2.11. The zero-order valence-electron chi connectivity index (χ0n) is 17.7. The first-order chi connectivity index (χ1) is 15.9. The SMILES string of the molecule is CCOC(=O)c1c(-c2cccc([N+](=O)[O-])c2)csc1NC(=S)NC(=O)CCc1ccccc1. The van der Waals surface area contributed by atoms with Crippen molar-refractivity contribution in [3.63, 3.8) is 0 Å². The monoisotopic (exact) mass is 483 g/mol. The summed E-state index contributed by atoms with van der Waals surface area (Å²) in [7, 11) is 0. The van der Waals surface area contributed by atoms with Gasteiger partial charge in [-0.1, -0.05) is 42.5 Å². The van der Waals surface area contributed by atoms with Gasteiger partial charge >= 0.3 is 5.97 Å². The van der Waals surface area contributed by atoms with E-state index in [4.69, 9.17) is 17.0 Å². The van der Waals surface area contributed by atoms with Crippen LogP contribution in [0, 0.1) is 10.1 Å². The van der Waals surface area contributed by atoms with E-state index in [0.29, 0.717) is 22.5 Å². The van der Waals surface area contributed by atoms with Gasteiger partial charge in [0.15, 0.2) is 5.11 Å². The number of carbonyl (C=O) groups is 2. The van der Waals surface area contributed by atoms with Crippen molar-refractivity contribution in [2.24, 2.45) is 0 Å². The second-order valence-electron chi connectivity index (χ2n) is 6.87. The number of benzene rings is 2. The van der Waals surface area contributed by atoms with E-state index < -0.39 is 10.9 Å². The molecule has 0 aliphatic heterocycles. The van der Waals surface area contributed by atoms with E-state index in [-0.39, 0.29) is 35.3 Å². The van der Waals surface area contributed by atoms with Crippen LogP contribution in [0.1, 0.15) is 29.3 Å². The summed E-state index contributed by atoms with van der Waals surface area (Å²) in [6.07, 6.45) is 0.819. The minimum atomic E-state index is -0.596. The summed E-state index contributed by atoms with van der Waals surface area (Å²) in [4.78, 5) is 35.6. The Balaban J connectivity index is 1.76. The van der Waals surface area contributed by atoms with Gasteiger partial charge in [-0.3, -0.25) is 14.9 Å². The van der Waals surface area contributed by atoms with Gasteiger partial charge in [-0.05, 0) is 36.7 Å². The summed E-state index contributed by atoms with van der Waals surface area (Å²) in [6.45, 7) is 1.84. The quantitative estimate of drug-likeness (QED) is 0.202. The van der Waals surface area contributed by atoms with Crippen LogP contribution in [0.5, 0.6) is 0 Å². The maximum Gasteiger partial charge on any atom is 0.341 e. The Morgan fingerprint density at radius 1 is 1.15 bits per heavy atom. The average Bonchev–Trinajstić information content (AvgIpc) is 3.22. The molecule has 0 bridgehead atoms. The molecule has 170 valence electrons. The summed E-state index contributed by atoms with van der Waals surface area (Å²) in [5, 5.41) is 18.8. The molecule has 2 N–H and O–H groups in total. The summed E-state index contributed by atoms with van der Waals surface area (Å²) < 4.78 is 5.18. The lowest BCUT2D eigenvalue weighted by molar-refractivity contribution is -0.384. The molecule has 1 aromatic heterocycles. The highest BCUT2D eigenvalue weighted by Gasteiger charge is 2.23. The van der Waals surface area contributed by atoms with Gasteiger partial charge in [-0.15, -0.1) is 11.3 Å². The highest BCUT2D eigenvalue weighted by atomic mass is 32.1. The molecular weight excluding hydrogens is 462 g/mol. The third-order valence-corrected chi connectivity index (χ3v) is 5.70. The molecule has 10 heteroatoms. The number of aryl methyl sites for hydroxylation is 1. The Bertz CT molecular complexity index is 1180. The van der Waals surface area contributed by atoms with E-state index in [2.05, 4.69) is 10.6 Å². The maximum atomic E-state index is 12.7. The van der Waals surface area contributed by atoms with E-state index >= 15 is 0 Å². The molecule has 0 unspecified atom stereocenters. The Labute approximate surface area is 199 Å². The van der Waals surface area contributed by atoms with E-state index in [1.54, 1.807) is 24.4 Å². The molecule has 0 saturated carbocycles. The third-order valence-electron chi connectivity index (χ3n) is 4.60. The number of non-ortho nitro benzene ring substituents is 1. The largest absolute Gasteiger partial charge is 0.462 e. The Morgan fingerprint density at radius 3 is 2.61 bits per heavy atom. The standard InChI is InChI=1S/C23H21N3O5S2/c1-2-31-22(28)20-18(16-9-6-10-17(13-16)26(29)30)14-33-21(20)25-23(32)24-19(27)12-11-15-7-4-3-5-8-15/h3-10,13-14H,2,11-12H2,1H3,(H2,24,25,27,32). The number of thiocarbonyl (C=S) groups is 1. The van der Waals surface area contributed by atoms with Crippen LogP contribution in [0.15, 0.2) is 60.0 Å². The van der Waals surface area contributed by atoms with Crippen molar-refractivity contribution in [3.8, 4) is 11.1 Å². The topological polar surface area (TPSA) is 111 Å². The summed E-state index contributed by atoms with van der Waals surface area (Å²) in [6, 6.07) is 15.6. The zero-order chi connectivity index (χ0) is 23.8. The average molecular weight is 484 g/mol. The molecule has 33 heavy (non-hydrogen) atoms. The van der Waals surface area contributed by atoms with Crippen molar-refractivity contribution in [3.05, 3.63) is 81.2 Å². The minimum Gasteiger partial charge on any atom is -0.462 e. The Hall–Kier alpha value is -3.63. The highest BCUT2D eigenvalue weighted by Crippen LogP contribution is 2.37. The van der Waals surface area contributed by atoms with Gasteiger partial charge in [-0.25, -0.2) is 4.79 Å². The molecular formula is C23H21N3O5S2. The molecule has 0 spiro atoms. The fourth-order valence-electron chi connectivity index (χ4n) is 3.08. The number of hydrogen-bond acceptors (Lipinski definition) is 7. The number of thiophene rings is 1. The smallest absolute Gasteiger partial charge is 0.341 e. The lowest BCUT2D eigenvalue weighted by atomic mass is 10.0. The van der Waals surface area contributed by atoms with Crippen LogP contribution in [0.2, 0.25) is 0 Å². The van der Waals surface area contributed by atoms with Crippen LogP contribution in [0.25, 0.3) is 11.1 Å². The number of nitro benzene ring substituents is 1. The number of hydrogen-bond donors (Lipinski definition) is 2. The van der Waals surface area contributed by atoms with Gasteiger partial charge in [0.1, 0.15) is 10.6 Å². The van der Waals surface area contributed by atoms with Crippen molar-refractivity contribution in [2.75, 3.05) is 11.9 Å². The summed E-state index contributed by atoms with van der Waals surface area (Å²) in [5.74, 6) is -0.856. The molecule has 0 aliphatic rings. The number of anilines is 1. The highest BCUT2D eigenvalue weighted by molar-refractivity contribution is 7.80. The number of nitrogens with one attached hydrogen (secondary N) is 2. The van der Waals surface area contributed by atoms with Gasteiger partial charge in [0, 0.05) is 29.5 Å². The number of nitrogens with zero attached hydrogens (tertiary/aromatic N) is 1. The van der Waals surface area contributed by atoms with Crippen LogP contribution in [0.3, 0.4) is 0 Å². The molecule has 0 aliphatic carbocycles. The predicted octanol–water partition coefficient (Wildman–Crippen LogP) is 4.95. The molecule has 1 amide bonds. The number of amides is 1. The molecule has 0 radical (unpaired) electrons. The molecule has 0 fully saturated rings. The Morgan fingerprint density at radius 2 is 1.91 bits per heavy atom. The third kappa shape index (κ3) is 6.43. The Kier molecular flexibility index (Phi) is 8.22. The minimum absolute atomic E-state index is 0.0473. The van der Waals surface area contributed by atoms with Crippen LogP contribution in [-0.2, 0) is 16.0 Å². The molecule has 3 aromatic rings. The molecule has 0 atom stereocenters. The summed E-state index contributed by atoms with van der Waals surface area (Å²) in [5.41, 5.74) is 2.11. The first-order valence-corrected chi connectivity index (χ1v) is 11.4. The van der Waals surface area contributed by atoms with Crippen LogP contribution < -0.4 is 10.6 Å². The first-order valence-electron chi connectivity index (χ1n) is 10.1. The van der Waals surface area contributed by atoms with Gasteiger partial charge < -0.3 is 15.4 Å². The molecule has 1 heterocycles. The fraction of sp³-hybridized carbons (Fsp3) is 0.174. The number of rotatable bonds is 8. The van der Waals surface area contributed by atoms with E-state index in [9.17, 15) is 19.7 Å². The van der Waals surface area contributed by atoms with Gasteiger partial charge in [0.25, 0.3) is 5.69 Å². The first kappa shape index (κ1) is 24.0. The van der Waals surface area contributed by atoms with Gasteiger partial charge in [0.05, 0.1) is 11.5 Å². The van der Waals surface area contributed by atoms with Crippen molar-refractivity contribution in [2.45, 2.75) is 19.8 Å². The van der Waals surface area contributed by atoms with E-state index in [1.165, 1.54) is 23.5 Å². The predicted molar refractivity (Wildman–Crippen MR) is 131 cm³/mol.